The minimum absolute atomic E-state index is 0.636. The van der Waals surface area contributed by atoms with Gasteiger partial charge in [-0.25, -0.2) is 0 Å². The first-order valence-corrected chi connectivity index (χ1v) is 10.2. The molecule has 1 heterocycles. The van der Waals surface area contributed by atoms with Gasteiger partial charge in [0.05, 0.1) is 12.8 Å². The van der Waals surface area contributed by atoms with Crippen molar-refractivity contribution in [3.05, 3.63) is 48.5 Å². The Morgan fingerprint density at radius 3 is 2.56 bits per heavy atom. The molecule has 0 aromatic heterocycles. The number of nitrogens with one attached hydrogen (secondary N) is 2. The van der Waals surface area contributed by atoms with Gasteiger partial charge < -0.3 is 20.3 Å². The number of nitrogens with zero attached hydrogens (tertiary/aromatic N) is 1. The molecule has 0 saturated carbocycles. The first-order valence-electron chi connectivity index (χ1n) is 9.77. The second-order valence-electron chi connectivity index (χ2n) is 6.92. The van der Waals surface area contributed by atoms with Gasteiger partial charge in [-0.15, -0.1) is 0 Å². The maximum Gasteiger partial charge on any atom is 0.170 e. The summed E-state index contributed by atoms with van der Waals surface area (Å²) in [5.74, 6) is 0.784. The third-order valence-electron chi connectivity index (χ3n) is 4.94. The molecule has 1 aliphatic rings. The van der Waals surface area contributed by atoms with Crippen LogP contribution in [0, 0.1) is 0 Å². The standard InChI is InChI=1S/C22H29N3OS/c1-26-21-12-11-19(18-9-4-2-5-10-18)17-20(21)24-22(27)23-13-8-16-25-14-6-3-7-15-25/h2,4-5,9-12,17H,3,6-8,13-16H2,1H3,(H2,23,24,27). The molecule has 2 N–H and O–H groups in total. The van der Waals surface area contributed by atoms with Gasteiger partial charge in [-0.05, 0) is 74.4 Å². The number of anilines is 1. The number of piperidine rings is 1. The van der Waals surface area contributed by atoms with E-state index in [1.54, 1.807) is 7.11 Å². The molecule has 5 heteroatoms. The Bertz CT molecular complexity index is 730. The molecule has 0 aliphatic carbocycles. The maximum atomic E-state index is 5.49. The average molecular weight is 384 g/mol. The summed E-state index contributed by atoms with van der Waals surface area (Å²) in [4.78, 5) is 2.55. The Labute approximate surface area is 167 Å². The Morgan fingerprint density at radius 2 is 1.81 bits per heavy atom. The number of methoxy groups -OCH3 is 1. The van der Waals surface area contributed by atoms with Crippen molar-refractivity contribution in [1.29, 1.82) is 0 Å². The van der Waals surface area contributed by atoms with E-state index in [9.17, 15) is 0 Å². The van der Waals surface area contributed by atoms with Gasteiger partial charge in [0.15, 0.2) is 5.11 Å². The summed E-state index contributed by atoms with van der Waals surface area (Å²) in [6.45, 7) is 4.50. The molecule has 3 rings (SSSR count). The summed E-state index contributed by atoms with van der Waals surface area (Å²) in [6.07, 6.45) is 5.16. The summed E-state index contributed by atoms with van der Waals surface area (Å²) in [5, 5.41) is 7.25. The molecule has 0 spiro atoms. The fourth-order valence-electron chi connectivity index (χ4n) is 3.47. The van der Waals surface area contributed by atoms with Gasteiger partial charge >= 0.3 is 0 Å². The zero-order valence-electron chi connectivity index (χ0n) is 16.0. The summed E-state index contributed by atoms with van der Waals surface area (Å²) in [6, 6.07) is 16.4. The van der Waals surface area contributed by atoms with Crippen molar-refractivity contribution in [2.75, 3.05) is 38.6 Å². The lowest BCUT2D eigenvalue weighted by molar-refractivity contribution is 0.227. The summed E-state index contributed by atoms with van der Waals surface area (Å²) >= 11 is 5.48. The fraction of sp³-hybridized carbons (Fsp3) is 0.409. The van der Waals surface area contributed by atoms with E-state index < -0.39 is 0 Å². The van der Waals surface area contributed by atoms with E-state index in [2.05, 4.69) is 39.8 Å². The normalized spacial score (nSPS) is 14.6. The van der Waals surface area contributed by atoms with Crippen LogP contribution in [0.2, 0.25) is 0 Å². The first-order chi connectivity index (χ1) is 13.3. The lowest BCUT2D eigenvalue weighted by atomic mass is 10.0. The van der Waals surface area contributed by atoms with Gasteiger partial charge in [0.1, 0.15) is 5.75 Å². The number of rotatable bonds is 7. The van der Waals surface area contributed by atoms with E-state index in [4.69, 9.17) is 17.0 Å². The highest BCUT2D eigenvalue weighted by atomic mass is 32.1. The lowest BCUT2D eigenvalue weighted by Gasteiger charge is -2.26. The number of hydrogen-bond acceptors (Lipinski definition) is 3. The predicted octanol–water partition coefficient (Wildman–Crippen LogP) is 4.52. The molecule has 2 aromatic rings. The van der Waals surface area contributed by atoms with Crippen LogP contribution in [0.1, 0.15) is 25.7 Å². The molecule has 0 radical (unpaired) electrons. The molecule has 0 atom stereocenters. The summed E-state index contributed by atoms with van der Waals surface area (Å²) in [5.41, 5.74) is 3.18. The number of benzene rings is 2. The van der Waals surface area contributed by atoms with Crippen molar-refractivity contribution >= 4 is 23.0 Å². The minimum Gasteiger partial charge on any atom is -0.495 e. The van der Waals surface area contributed by atoms with Crippen LogP contribution in [0.15, 0.2) is 48.5 Å². The molecule has 27 heavy (non-hydrogen) atoms. The molecule has 0 unspecified atom stereocenters. The van der Waals surface area contributed by atoms with Crippen LogP contribution >= 0.6 is 12.2 Å². The van der Waals surface area contributed by atoms with Crippen LogP contribution in [-0.4, -0.2) is 43.3 Å². The van der Waals surface area contributed by atoms with E-state index >= 15 is 0 Å². The molecule has 1 fully saturated rings. The third kappa shape index (κ3) is 5.94. The van der Waals surface area contributed by atoms with Crippen molar-refractivity contribution in [3.63, 3.8) is 0 Å². The number of ether oxygens (including phenoxy) is 1. The van der Waals surface area contributed by atoms with Crippen LogP contribution in [0.5, 0.6) is 5.75 Å². The SMILES string of the molecule is COc1ccc(-c2ccccc2)cc1NC(=S)NCCCN1CCCCC1. The zero-order chi connectivity index (χ0) is 18.9. The highest BCUT2D eigenvalue weighted by Gasteiger charge is 2.10. The second-order valence-corrected chi connectivity index (χ2v) is 7.33. The van der Waals surface area contributed by atoms with Crippen LogP contribution in [0.4, 0.5) is 5.69 Å². The fourth-order valence-corrected chi connectivity index (χ4v) is 3.68. The van der Waals surface area contributed by atoms with Crippen molar-refractivity contribution in [1.82, 2.24) is 10.2 Å². The first kappa shape index (κ1) is 19.6. The lowest BCUT2D eigenvalue weighted by Crippen LogP contribution is -2.34. The van der Waals surface area contributed by atoms with E-state index in [1.165, 1.54) is 37.9 Å². The number of hydrogen-bond donors (Lipinski definition) is 2. The smallest absolute Gasteiger partial charge is 0.170 e. The number of likely N-dealkylation sites (tertiary alicyclic amines) is 1. The molecule has 2 aromatic carbocycles. The van der Waals surface area contributed by atoms with E-state index in [1.807, 2.05) is 24.3 Å². The minimum atomic E-state index is 0.636. The monoisotopic (exact) mass is 383 g/mol. The van der Waals surface area contributed by atoms with E-state index in [-0.39, 0.29) is 0 Å². The van der Waals surface area contributed by atoms with Gasteiger partial charge in [-0.3, -0.25) is 0 Å². The number of thiocarbonyl (C=S) groups is 1. The topological polar surface area (TPSA) is 36.5 Å². The van der Waals surface area contributed by atoms with Crippen molar-refractivity contribution < 1.29 is 4.74 Å². The van der Waals surface area contributed by atoms with Gasteiger partial charge in [0.2, 0.25) is 0 Å². The van der Waals surface area contributed by atoms with Crippen LogP contribution in [0.3, 0.4) is 0 Å². The van der Waals surface area contributed by atoms with Gasteiger partial charge in [0.25, 0.3) is 0 Å². The summed E-state index contributed by atoms with van der Waals surface area (Å²) in [7, 11) is 1.68. The molecule has 1 saturated heterocycles. The maximum absolute atomic E-state index is 5.49. The Morgan fingerprint density at radius 1 is 1.04 bits per heavy atom. The Balaban J connectivity index is 1.53. The van der Waals surface area contributed by atoms with Gasteiger partial charge in [0, 0.05) is 6.54 Å². The van der Waals surface area contributed by atoms with Crippen molar-refractivity contribution in [3.8, 4) is 16.9 Å². The van der Waals surface area contributed by atoms with Crippen LogP contribution in [0.25, 0.3) is 11.1 Å². The Kier molecular flexibility index (Phi) is 7.48. The molecule has 0 amide bonds. The quantitative estimate of drug-likeness (QED) is 0.543. The molecular formula is C22H29N3OS. The third-order valence-corrected chi connectivity index (χ3v) is 5.19. The molecule has 1 aliphatic heterocycles. The Hall–Kier alpha value is -2.11. The van der Waals surface area contributed by atoms with Crippen LogP contribution in [-0.2, 0) is 0 Å². The van der Waals surface area contributed by atoms with Crippen LogP contribution < -0.4 is 15.4 Å². The zero-order valence-corrected chi connectivity index (χ0v) is 16.9. The van der Waals surface area contributed by atoms with Crippen molar-refractivity contribution in [2.24, 2.45) is 0 Å². The van der Waals surface area contributed by atoms with Gasteiger partial charge in [-0.2, -0.15) is 0 Å². The van der Waals surface area contributed by atoms with E-state index in [0.717, 1.165) is 36.5 Å². The second kappa shape index (κ2) is 10.3. The molecule has 144 valence electrons. The predicted molar refractivity (Wildman–Crippen MR) is 118 cm³/mol. The van der Waals surface area contributed by atoms with E-state index in [0.29, 0.717) is 5.11 Å². The molecule has 0 bridgehead atoms. The molecule has 4 nitrogen and oxygen atoms in total. The van der Waals surface area contributed by atoms with Gasteiger partial charge in [-0.1, -0.05) is 42.8 Å². The highest BCUT2D eigenvalue weighted by molar-refractivity contribution is 7.80. The molecular weight excluding hydrogens is 354 g/mol. The average Bonchev–Trinajstić information content (AvgIpc) is 2.72. The largest absolute Gasteiger partial charge is 0.495 e. The highest BCUT2D eigenvalue weighted by Crippen LogP contribution is 2.30. The van der Waals surface area contributed by atoms with Crippen molar-refractivity contribution in [2.45, 2.75) is 25.7 Å². The summed E-state index contributed by atoms with van der Waals surface area (Å²) < 4.78 is 5.49.